The molecule has 3 heteroatoms. The van der Waals surface area contributed by atoms with Gasteiger partial charge in [0.15, 0.2) is 0 Å². The molecule has 1 fully saturated rings. The minimum absolute atomic E-state index is 0.170. The number of nitrogens with two attached hydrogens (primary N) is 1. The van der Waals surface area contributed by atoms with E-state index < -0.39 is 0 Å². The van der Waals surface area contributed by atoms with Crippen molar-refractivity contribution in [1.29, 1.82) is 0 Å². The molecule has 0 aliphatic carbocycles. The molecule has 0 radical (unpaired) electrons. The standard InChI is InChI=1S/C16H24N2O/c1-2-15-9-4-3-5-10-18(15)16(19)14-8-6-7-13(11-14)12-17/h6-8,11,15H,2-5,9-10,12,17H2,1H3. The molecule has 0 aromatic heterocycles. The second-order valence-corrected chi connectivity index (χ2v) is 5.31. The highest BCUT2D eigenvalue weighted by Gasteiger charge is 2.24. The van der Waals surface area contributed by atoms with E-state index in [2.05, 4.69) is 11.8 Å². The second-order valence-electron chi connectivity index (χ2n) is 5.31. The topological polar surface area (TPSA) is 46.3 Å². The maximum atomic E-state index is 12.7. The van der Waals surface area contributed by atoms with Gasteiger partial charge in [0.2, 0.25) is 0 Å². The fourth-order valence-corrected chi connectivity index (χ4v) is 2.87. The molecule has 0 bridgehead atoms. The molecular formula is C16H24N2O. The summed E-state index contributed by atoms with van der Waals surface area (Å²) in [7, 11) is 0. The van der Waals surface area contributed by atoms with E-state index in [-0.39, 0.29) is 5.91 Å². The van der Waals surface area contributed by atoms with Gasteiger partial charge < -0.3 is 10.6 Å². The van der Waals surface area contributed by atoms with Gasteiger partial charge in [-0.2, -0.15) is 0 Å². The van der Waals surface area contributed by atoms with E-state index in [4.69, 9.17) is 5.73 Å². The minimum Gasteiger partial charge on any atom is -0.336 e. The number of hydrogen-bond donors (Lipinski definition) is 1. The van der Waals surface area contributed by atoms with Crippen molar-refractivity contribution in [2.24, 2.45) is 5.73 Å². The van der Waals surface area contributed by atoms with Crippen LogP contribution in [0.25, 0.3) is 0 Å². The van der Waals surface area contributed by atoms with E-state index >= 15 is 0 Å². The third-order valence-electron chi connectivity index (χ3n) is 4.02. The smallest absolute Gasteiger partial charge is 0.254 e. The summed E-state index contributed by atoms with van der Waals surface area (Å²) >= 11 is 0. The summed E-state index contributed by atoms with van der Waals surface area (Å²) in [5, 5.41) is 0. The summed E-state index contributed by atoms with van der Waals surface area (Å²) in [4.78, 5) is 14.7. The van der Waals surface area contributed by atoms with E-state index in [9.17, 15) is 4.79 Å². The van der Waals surface area contributed by atoms with Crippen molar-refractivity contribution in [3.05, 3.63) is 35.4 Å². The van der Waals surface area contributed by atoms with Crippen LogP contribution in [0.3, 0.4) is 0 Å². The number of likely N-dealkylation sites (tertiary alicyclic amines) is 1. The first-order valence-corrected chi connectivity index (χ1v) is 7.36. The largest absolute Gasteiger partial charge is 0.336 e. The van der Waals surface area contributed by atoms with Crippen LogP contribution >= 0.6 is 0 Å². The average Bonchev–Trinajstić information content (AvgIpc) is 2.71. The average molecular weight is 260 g/mol. The molecule has 2 N–H and O–H groups in total. The monoisotopic (exact) mass is 260 g/mol. The van der Waals surface area contributed by atoms with Crippen molar-refractivity contribution in [3.8, 4) is 0 Å². The third-order valence-corrected chi connectivity index (χ3v) is 4.02. The molecule has 2 rings (SSSR count). The van der Waals surface area contributed by atoms with Gasteiger partial charge in [-0.3, -0.25) is 4.79 Å². The molecule has 1 aliphatic heterocycles. The molecule has 1 heterocycles. The third kappa shape index (κ3) is 3.35. The first-order valence-electron chi connectivity index (χ1n) is 7.36. The molecule has 1 saturated heterocycles. The summed E-state index contributed by atoms with van der Waals surface area (Å²) in [6.07, 6.45) is 5.79. The lowest BCUT2D eigenvalue weighted by Gasteiger charge is -2.29. The quantitative estimate of drug-likeness (QED) is 0.908. The Bertz CT molecular complexity index is 431. The molecule has 104 valence electrons. The Balaban J connectivity index is 2.20. The van der Waals surface area contributed by atoms with Gasteiger partial charge in [0.05, 0.1) is 0 Å². The lowest BCUT2D eigenvalue weighted by molar-refractivity contribution is 0.0678. The molecule has 3 nitrogen and oxygen atoms in total. The Morgan fingerprint density at radius 3 is 2.95 bits per heavy atom. The zero-order valence-electron chi connectivity index (χ0n) is 11.8. The van der Waals surface area contributed by atoms with Crippen LogP contribution in [-0.2, 0) is 6.54 Å². The highest BCUT2D eigenvalue weighted by atomic mass is 16.2. The Morgan fingerprint density at radius 1 is 1.37 bits per heavy atom. The SMILES string of the molecule is CCC1CCCCCN1C(=O)c1cccc(CN)c1. The van der Waals surface area contributed by atoms with Crippen LogP contribution in [0, 0.1) is 0 Å². The van der Waals surface area contributed by atoms with E-state index in [1.165, 1.54) is 12.8 Å². The van der Waals surface area contributed by atoms with E-state index in [0.717, 1.165) is 36.9 Å². The Hall–Kier alpha value is -1.35. The van der Waals surface area contributed by atoms with Gasteiger partial charge in [0, 0.05) is 24.7 Å². The second kappa shape index (κ2) is 6.71. The first kappa shape index (κ1) is 14.1. The van der Waals surface area contributed by atoms with Gasteiger partial charge >= 0.3 is 0 Å². The molecule has 1 aromatic rings. The van der Waals surface area contributed by atoms with Gasteiger partial charge in [-0.15, -0.1) is 0 Å². The van der Waals surface area contributed by atoms with Crippen LogP contribution in [0.5, 0.6) is 0 Å². The van der Waals surface area contributed by atoms with Crippen LogP contribution in [0.15, 0.2) is 24.3 Å². The summed E-state index contributed by atoms with van der Waals surface area (Å²) in [6, 6.07) is 8.13. The van der Waals surface area contributed by atoms with E-state index in [0.29, 0.717) is 12.6 Å². The first-order chi connectivity index (χ1) is 9.26. The van der Waals surface area contributed by atoms with Crippen LogP contribution in [0.1, 0.15) is 54.9 Å². The fraction of sp³-hybridized carbons (Fsp3) is 0.562. The zero-order valence-corrected chi connectivity index (χ0v) is 11.8. The van der Waals surface area contributed by atoms with E-state index in [1.54, 1.807) is 0 Å². The Labute approximate surface area is 115 Å². The zero-order chi connectivity index (χ0) is 13.7. The normalized spacial score (nSPS) is 20.1. The minimum atomic E-state index is 0.170. The number of hydrogen-bond acceptors (Lipinski definition) is 2. The van der Waals surface area contributed by atoms with Crippen molar-refractivity contribution in [2.75, 3.05) is 6.54 Å². The lowest BCUT2D eigenvalue weighted by Crippen LogP contribution is -2.39. The molecule has 1 atom stereocenters. The molecule has 0 spiro atoms. The Kier molecular flexibility index (Phi) is 4.97. The molecule has 1 aliphatic rings. The number of carbonyl (C=O) groups is 1. The molecular weight excluding hydrogens is 236 g/mol. The summed E-state index contributed by atoms with van der Waals surface area (Å²) in [5.74, 6) is 0.170. The van der Waals surface area contributed by atoms with Gasteiger partial charge in [0.1, 0.15) is 0 Å². The number of amides is 1. The number of nitrogens with zero attached hydrogens (tertiary/aromatic N) is 1. The predicted octanol–water partition coefficient (Wildman–Crippen LogP) is 2.94. The van der Waals surface area contributed by atoms with Crippen molar-refractivity contribution in [2.45, 2.75) is 51.6 Å². The Morgan fingerprint density at radius 2 is 2.21 bits per heavy atom. The summed E-state index contributed by atoms with van der Waals surface area (Å²) < 4.78 is 0. The van der Waals surface area contributed by atoms with Gasteiger partial charge in [-0.25, -0.2) is 0 Å². The maximum Gasteiger partial charge on any atom is 0.254 e. The highest BCUT2D eigenvalue weighted by molar-refractivity contribution is 5.94. The van der Waals surface area contributed by atoms with Crippen LogP contribution in [0.2, 0.25) is 0 Å². The van der Waals surface area contributed by atoms with Gasteiger partial charge in [-0.1, -0.05) is 31.9 Å². The predicted molar refractivity (Wildman–Crippen MR) is 77.9 cm³/mol. The number of carbonyl (C=O) groups excluding carboxylic acids is 1. The van der Waals surface area contributed by atoms with Gasteiger partial charge in [-0.05, 0) is 37.0 Å². The molecule has 1 unspecified atom stereocenters. The summed E-state index contributed by atoms with van der Waals surface area (Å²) in [5.41, 5.74) is 7.45. The summed E-state index contributed by atoms with van der Waals surface area (Å²) in [6.45, 7) is 3.55. The highest BCUT2D eigenvalue weighted by Crippen LogP contribution is 2.21. The van der Waals surface area contributed by atoms with Crippen molar-refractivity contribution in [3.63, 3.8) is 0 Å². The van der Waals surface area contributed by atoms with Crippen LogP contribution < -0.4 is 5.73 Å². The molecule has 0 saturated carbocycles. The molecule has 1 amide bonds. The van der Waals surface area contributed by atoms with Gasteiger partial charge in [0.25, 0.3) is 5.91 Å². The fourth-order valence-electron chi connectivity index (χ4n) is 2.87. The van der Waals surface area contributed by atoms with Crippen molar-refractivity contribution < 1.29 is 4.79 Å². The van der Waals surface area contributed by atoms with Crippen molar-refractivity contribution >= 4 is 5.91 Å². The maximum absolute atomic E-state index is 12.7. The van der Waals surface area contributed by atoms with Crippen LogP contribution in [0.4, 0.5) is 0 Å². The van der Waals surface area contributed by atoms with Crippen molar-refractivity contribution in [1.82, 2.24) is 4.90 Å². The van der Waals surface area contributed by atoms with Crippen LogP contribution in [-0.4, -0.2) is 23.4 Å². The number of rotatable bonds is 3. The molecule has 19 heavy (non-hydrogen) atoms. The molecule has 1 aromatic carbocycles. The lowest BCUT2D eigenvalue weighted by atomic mass is 10.1. The van der Waals surface area contributed by atoms with E-state index in [1.807, 2.05) is 24.3 Å². The number of benzene rings is 1.